The van der Waals surface area contributed by atoms with Crippen LogP contribution in [0.5, 0.6) is 5.75 Å². The van der Waals surface area contributed by atoms with Crippen molar-refractivity contribution in [3.63, 3.8) is 0 Å². The summed E-state index contributed by atoms with van der Waals surface area (Å²) in [6.07, 6.45) is 10.8. The van der Waals surface area contributed by atoms with Gasteiger partial charge in [0.1, 0.15) is 5.75 Å². The van der Waals surface area contributed by atoms with Crippen LogP contribution in [0, 0.1) is 0 Å². The van der Waals surface area contributed by atoms with Gasteiger partial charge in [0.15, 0.2) is 0 Å². The second-order valence-electron chi connectivity index (χ2n) is 8.23. The molecule has 0 heterocycles. The monoisotopic (exact) mass is 403 g/mol. The lowest BCUT2D eigenvalue weighted by Gasteiger charge is -2.26. The van der Waals surface area contributed by atoms with E-state index in [1.54, 1.807) is 7.11 Å². The molecule has 0 unspecified atom stereocenters. The lowest BCUT2D eigenvalue weighted by atomic mass is 10.0. The van der Waals surface area contributed by atoms with Gasteiger partial charge in [-0.2, -0.15) is 0 Å². The summed E-state index contributed by atoms with van der Waals surface area (Å²) in [5.74, 6) is 0.913. The molecule has 0 aromatic heterocycles. The molecule has 0 amide bonds. The summed E-state index contributed by atoms with van der Waals surface area (Å²) in [6.45, 7) is 4.30. The number of anilines is 1. The zero-order valence-corrected chi connectivity index (χ0v) is 18.8. The Labute approximate surface area is 182 Å². The number of fused-ring (bicyclic) bond motifs is 1. The third-order valence-electron chi connectivity index (χ3n) is 5.96. The van der Waals surface area contributed by atoms with E-state index in [-0.39, 0.29) is 0 Å². The van der Waals surface area contributed by atoms with Crippen molar-refractivity contribution in [3.8, 4) is 5.75 Å². The van der Waals surface area contributed by atoms with Crippen molar-refractivity contribution in [3.05, 3.63) is 72.3 Å². The first kappa shape index (κ1) is 22.2. The number of benzene rings is 3. The number of unbranched alkanes of at least 4 members (excludes halogenated alkanes) is 7. The molecule has 3 aromatic carbocycles. The Morgan fingerprint density at radius 3 is 2.10 bits per heavy atom. The van der Waals surface area contributed by atoms with Crippen molar-refractivity contribution in [1.29, 1.82) is 0 Å². The third kappa shape index (κ3) is 6.52. The zero-order chi connectivity index (χ0) is 21.0. The van der Waals surface area contributed by atoms with Crippen molar-refractivity contribution >= 4 is 16.5 Å². The maximum absolute atomic E-state index is 5.36. The van der Waals surface area contributed by atoms with Gasteiger partial charge in [-0.15, -0.1) is 0 Å². The molecular weight excluding hydrogens is 366 g/mol. The summed E-state index contributed by atoms with van der Waals surface area (Å²) < 4.78 is 5.36. The van der Waals surface area contributed by atoms with E-state index < -0.39 is 0 Å². The Hall–Kier alpha value is -2.48. The molecule has 0 saturated carbocycles. The maximum atomic E-state index is 5.36. The average molecular weight is 404 g/mol. The van der Waals surface area contributed by atoms with Gasteiger partial charge in [-0.1, -0.05) is 94.3 Å². The molecule has 3 aromatic rings. The van der Waals surface area contributed by atoms with Gasteiger partial charge in [-0.3, -0.25) is 0 Å². The number of hydrogen-bond donors (Lipinski definition) is 0. The summed E-state index contributed by atoms with van der Waals surface area (Å²) in [4.78, 5) is 2.53. The Morgan fingerprint density at radius 2 is 1.37 bits per heavy atom. The average Bonchev–Trinajstić information content (AvgIpc) is 2.80. The third-order valence-corrected chi connectivity index (χ3v) is 5.96. The van der Waals surface area contributed by atoms with Crippen LogP contribution in [0.4, 0.5) is 5.69 Å². The van der Waals surface area contributed by atoms with Crippen LogP contribution in [-0.4, -0.2) is 13.7 Å². The van der Waals surface area contributed by atoms with Crippen LogP contribution in [0.1, 0.15) is 63.9 Å². The summed E-state index contributed by atoms with van der Waals surface area (Å²) in [6, 6.07) is 23.9. The molecule has 160 valence electrons. The molecule has 0 atom stereocenters. The lowest BCUT2D eigenvalue weighted by Crippen LogP contribution is -2.24. The standard InChI is InChI=1S/C28H37NO/c1-3-4-5-6-7-8-9-12-22-29(26-18-20-27(30-2)21-19-26)23-25-16-13-15-24-14-10-11-17-28(24)25/h10-11,13-21H,3-9,12,22-23H2,1-2H3. The van der Waals surface area contributed by atoms with E-state index >= 15 is 0 Å². The number of ether oxygens (including phenoxy) is 1. The van der Waals surface area contributed by atoms with E-state index in [0.717, 1.165) is 18.8 Å². The molecule has 3 rings (SSSR count). The highest BCUT2D eigenvalue weighted by Crippen LogP contribution is 2.25. The van der Waals surface area contributed by atoms with Crippen molar-refractivity contribution in [1.82, 2.24) is 0 Å². The Morgan fingerprint density at radius 1 is 0.700 bits per heavy atom. The summed E-state index contributed by atoms with van der Waals surface area (Å²) in [5.41, 5.74) is 2.66. The van der Waals surface area contributed by atoms with E-state index in [0.29, 0.717) is 0 Å². The zero-order valence-electron chi connectivity index (χ0n) is 18.8. The lowest BCUT2D eigenvalue weighted by molar-refractivity contribution is 0.415. The highest BCUT2D eigenvalue weighted by molar-refractivity contribution is 5.85. The first-order chi connectivity index (χ1) is 14.8. The number of methoxy groups -OCH3 is 1. The highest BCUT2D eigenvalue weighted by atomic mass is 16.5. The van der Waals surface area contributed by atoms with E-state index in [9.17, 15) is 0 Å². The number of hydrogen-bond acceptors (Lipinski definition) is 2. The van der Waals surface area contributed by atoms with Crippen molar-refractivity contribution in [2.24, 2.45) is 0 Å². The first-order valence-electron chi connectivity index (χ1n) is 11.7. The van der Waals surface area contributed by atoms with Crippen molar-refractivity contribution in [2.75, 3.05) is 18.6 Å². The predicted octanol–water partition coefficient (Wildman–Crippen LogP) is 8.00. The summed E-state index contributed by atoms with van der Waals surface area (Å²) in [5, 5.41) is 2.67. The molecule has 0 aliphatic carbocycles. The van der Waals surface area contributed by atoms with E-state index in [1.807, 2.05) is 0 Å². The molecule has 0 radical (unpaired) electrons. The van der Waals surface area contributed by atoms with E-state index in [4.69, 9.17) is 4.74 Å². The molecule has 0 spiro atoms. The summed E-state index contributed by atoms with van der Waals surface area (Å²) in [7, 11) is 1.73. The van der Waals surface area contributed by atoms with Crippen LogP contribution in [-0.2, 0) is 6.54 Å². The molecule has 0 fully saturated rings. The Balaban J connectivity index is 1.65. The number of nitrogens with zero attached hydrogens (tertiary/aromatic N) is 1. The minimum atomic E-state index is 0.913. The van der Waals surface area contributed by atoms with Gasteiger partial charge in [0.25, 0.3) is 0 Å². The molecule has 0 aliphatic heterocycles. The largest absolute Gasteiger partial charge is 0.497 e. The molecule has 2 nitrogen and oxygen atoms in total. The minimum absolute atomic E-state index is 0.913. The van der Waals surface area contributed by atoms with Crippen molar-refractivity contribution < 1.29 is 4.74 Å². The van der Waals surface area contributed by atoms with Crippen molar-refractivity contribution in [2.45, 2.75) is 64.8 Å². The molecule has 2 heteroatoms. The van der Waals surface area contributed by atoms with Crippen LogP contribution < -0.4 is 9.64 Å². The summed E-state index contributed by atoms with van der Waals surface area (Å²) >= 11 is 0. The molecule has 0 aliphatic rings. The molecule has 0 bridgehead atoms. The topological polar surface area (TPSA) is 12.5 Å². The van der Waals surface area contributed by atoms with Gasteiger partial charge >= 0.3 is 0 Å². The molecule has 30 heavy (non-hydrogen) atoms. The first-order valence-corrected chi connectivity index (χ1v) is 11.7. The van der Waals surface area contributed by atoms with E-state index in [2.05, 4.69) is 78.6 Å². The normalized spacial score (nSPS) is 11.0. The van der Waals surface area contributed by atoms with Crippen LogP contribution in [0.2, 0.25) is 0 Å². The second-order valence-corrected chi connectivity index (χ2v) is 8.23. The van der Waals surface area contributed by atoms with Gasteiger partial charge in [0.05, 0.1) is 7.11 Å². The molecule has 0 N–H and O–H groups in total. The quantitative estimate of drug-likeness (QED) is 0.268. The molecular formula is C28H37NO. The van der Waals surface area contributed by atoms with Gasteiger partial charge in [-0.25, -0.2) is 0 Å². The van der Waals surface area contributed by atoms with Crippen LogP contribution in [0.15, 0.2) is 66.7 Å². The Kier molecular flexibility index (Phi) is 9.08. The second kappa shape index (κ2) is 12.3. The fourth-order valence-corrected chi connectivity index (χ4v) is 4.17. The van der Waals surface area contributed by atoms with Gasteiger partial charge in [0.2, 0.25) is 0 Å². The SMILES string of the molecule is CCCCCCCCCCN(Cc1cccc2ccccc12)c1ccc(OC)cc1. The Bertz CT molecular complexity index is 866. The maximum Gasteiger partial charge on any atom is 0.119 e. The number of rotatable bonds is 13. The fraction of sp³-hybridized carbons (Fsp3) is 0.429. The fourth-order valence-electron chi connectivity index (χ4n) is 4.17. The highest BCUT2D eigenvalue weighted by Gasteiger charge is 2.10. The smallest absolute Gasteiger partial charge is 0.119 e. The van der Waals surface area contributed by atoms with E-state index in [1.165, 1.54) is 73.4 Å². The van der Waals surface area contributed by atoms with Gasteiger partial charge in [-0.05, 0) is 47.0 Å². The predicted molar refractivity (Wildman–Crippen MR) is 131 cm³/mol. The van der Waals surface area contributed by atoms with Crippen LogP contribution in [0.25, 0.3) is 10.8 Å². The minimum Gasteiger partial charge on any atom is -0.497 e. The molecule has 0 saturated heterocycles. The van der Waals surface area contributed by atoms with Gasteiger partial charge in [0, 0.05) is 18.8 Å². The van der Waals surface area contributed by atoms with Crippen LogP contribution in [0.3, 0.4) is 0 Å². The van der Waals surface area contributed by atoms with Crippen LogP contribution >= 0.6 is 0 Å². The van der Waals surface area contributed by atoms with Gasteiger partial charge < -0.3 is 9.64 Å².